The molecule has 0 N–H and O–H groups in total. The molecule has 2 saturated heterocycles. The number of carbonyl (C=O) groups is 1. The smallest absolute Gasteiger partial charge is 0.241 e. The number of piperazine rings is 2. The van der Waals surface area contributed by atoms with Gasteiger partial charge in [-0.2, -0.15) is 0 Å². The lowest BCUT2D eigenvalue weighted by Gasteiger charge is -2.45. The third-order valence-electron chi connectivity index (χ3n) is 4.76. The van der Waals surface area contributed by atoms with Crippen LogP contribution in [0.2, 0.25) is 0 Å². The molecule has 2 aliphatic rings. The van der Waals surface area contributed by atoms with Crippen molar-refractivity contribution < 1.29 is 9.53 Å². The molecule has 1 unspecified atom stereocenters. The quantitative estimate of drug-likeness (QED) is 0.836. The van der Waals surface area contributed by atoms with Crippen LogP contribution in [0.25, 0.3) is 6.08 Å². The minimum absolute atomic E-state index is 0.0298. The number of ether oxygens (including phenoxy) is 1. The highest BCUT2D eigenvalue weighted by molar-refractivity contribution is 5.82. The molecule has 2 heterocycles. The molecule has 1 aromatic carbocycles. The summed E-state index contributed by atoms with van der Waals surface area (Å²) < 4.78 is 5.36. The van der Waals surface area contributed by atoms with Crippen LogP contribution in [0.3, 0.4) is 0 Å². The predicted octanol–water partition coefficient (Wildman–Crippen LogP) is 1.17. The molecule has 3 rings (SSSR count). The van der Waals surface area contributed by atoms with Gasteiger partial charge in [-0.05, 0) is 6.07 Å². The number of methoxy groups -OCH3 is 1. The number of fused-ring (bicyclic) bond motifs is 1. The zero-order chi connectivity index (χ0) is 16.2. The number of nitrogens with zero attached hydrogens (tertiary/aromatic N) is 3. The van der Waals surface area contributed by atoms with Crippen LogP contribution in [0.15, 0.2) is 30.3 Å². The molecule has 124 valence electrons. The Balaban J connectivity index is 1.59. The SMILES string of the molecule is COc1ccccc1/C=C/CN1CCN2CCN(C)C(=O)C2C1. The fourth-order valence-electron chi connectivity index (χ4n) is 3.32. The average molecular weight is 315 g/mol. The van der Waals surface area contributed by atoms with Crippen molar-refractivity contribution in [3.8, 4) is 5.75 Å². The third kappa shape index (κ3) is 3.57. The van der Waals surface area contributed by atoms with Gasteiger partial charge >= 0.3 is 0 Å². The Labute approximate surface area is 138 Å². The summed E-state index contributed by atoms with van der Waals surface area (Å²) in [5, 5.41) is 0. The van der Waals surface area contributed by atoms with Crippen molar-refractivity contribution in [1.29, 1.82) is 0 Å². The third-order valence-corrected chi connectivity index (χ3v) is 4.76. The molecular formula is C18H25N3O2. The van der Waals surface area contributed by atoms with E-state index in [1.807, 2.05) is 36.2 Å². The lowest BCUT2D eigenvalue weighted by Crippen LogP contribution is -2.63. The molecular weight excluding hydrogens is 290 g/mol. The molecule has 23 heavy (non-hydrogen) atoms. The topological polar surface area (TPSA) is 36.0 Å². The van der Waals surface area contributed by atoms with Crippen molar-refractivity contribution in [3.63, 3.8) is 0 Å². The molecule has 1 aromatic rings. The van der Waals surface area contributed by atoms with Crippen molar-refractivity contribution in [2.24, 2.45) is 0 Å². The summed E-state index contributed by atoms with van der Waals surface area (Å²) in [4.78, 5) is 18.8. The number of benzene rings is 1. The number of carbonyl (C=O) groups excluding carboxylic acids is 1. The van der Waals surface area contributed by atoms with Crippen LogP contribution in [0.4, 0.5) is 0 Å². The van der Waals surface area contributed by atoms with Crippen LogP contribution in [0, 0.1) is 0 Å². The lowest BCUT2D eigenvalue weighted by atomic mass is 10.1. The number of hydrogen-bond acceptors (Lipinski definition) is 4. The summed E-state index contributed by atoms with van der Waals surface area (Å²) in [7, 11) is 3.59. The van der Waals surface area contributed by atoms with Gasteiger partial charge in [-0.3, -0.25) is 14.6 Å². The van der Waals surface area contributed by atoms with Gasteiger partial charge in [0.25, 0.3) is 0 Å². The van der Waals surface area contributed by atoms with Gasteiger partial charge < -0.3 is 9.64 Å². The molecule has 1 atom stereocenters. The van der Waals surface area contributed by atoms with E-state index in [4.69, 9.17) is 4.74 Å². The zero-order valence-corrected chi connectivity index (χ0v) is 13.9. The number of likely N-dealkylation sites (N-methyl/N-ethyl adjacent to an activating group) is 1. The average Bonchev–Trinajstić information content (AvgIpc) is 2.59. The van der Waals surface area contributed by atoms with Crippen molar-refractivity contribution in [1.82, 2.24) is 14.7 Å². The van der Waals surface area contributed by atoms with Crippen LogP contribution in [-0.2, 0) is 4.79 Å². The Kier molecular flexibility index (Phi) is 4.98. The van der Waals surface area contributed by atoms with E-state index >= 15 is 0 Å². The zero-order valence-electron chi connectivity index (χ0n) is 13.9. The Morgan fingerprint density at radius 3 is 2.83 bits per heavy atom. The molecule has 5 nitrogen and oxygen atoms in total. The second-order valence-corrected chi connectivity index (χ2v) is 6.22. The van der Waals surface area contributed by atoms with Gasteiger partial charge in [-0.1, -0.05) is 30.4 Å². The standard InChI is InChI=1S/C18H25N3O2/c1-19-10-12-21-13-11-20(14-16(21)18(19)22)9-5-7-15-6-3-4-8-17(15)23-2/h3-8,16H,9-14H2,1-2H3/b7-5+. The Morgan fingerprint density at radius 1 is 1.22 bits per heavy atom. The molecule has 5 heteroatoms. The Bertz CT molecular complexity index is 587. The Hall–Kier alpha value is -1.85. The van der Waals surface area contributed by atoms with E-state index in [0.717, 1.165) is 50.6 Å². The van der Waals surface area contributed by atoms with Crippen LogP contribution in [0.1, 0.15) is 5.56 Å². The van der Waals surface area contributed by atoms with Gasteiger partial charge in [0, 0.05) is 51.9 Å². The van der Waals surface area contributed by atoms with Gasteiger partial charge in [-0.25, -0.2) is 0 Å². The summed E-state index contributed by atoms with van der Waals surface area (Å²) in [6, 6.07) is 8.03. The van der Waals surface area contributed by atoms with E-state index < -0.39 is 0 Å². The van der Waals surface area contributed by atoms with Crippen LogP contribution in [-0.4, -0.2) is 80.1 Å². The largest absolute Gasteiger partial charge is 0.496 e. The minimum atomic E-state index is 0.0298. The molecule has 0 spiro atoms. The summed E-state index contributed by atoms with van der Waals surface area (Å²) in [6.07, 6.45) is 4.25. The molecule has 1 amide bonds. The molecule has 2 aliphatic heterocycles. The number of rotatable bonds is 4. The maximum Gasteiger partial charge on any atom is 0.241 e. The minimum Gasteiger partial charge on any atom is -0.496 e. The highest BCUT2D eigenvalue weighted by Crippen LogP contribution is 2.19. The first-order valence-corrected chi connectivity index (χ1v) is 8.20. The summed E-state index contributed by atoms with van der Waals surface area (Å²) in [5.41, 5.74) is 1.09. The Morgan fingerprint density at radius 2 is 2.00 bits per heavy atom. The highest BCUT2D eigenvalue weighted by atomic mass is 16.5. The first-order valence-electron chi connectivity index (χ1n) is 8.20. The maximum absolute atomic E-state index is 12.3. The molecule has 2 fully saturated rings. The van der Waals surface area contributed by atoms with E-state index in [-0.39, 0.29) is 11.9 Å². The van der Waals surface area contributed by atoms with Crippen molar-refractivity contribution in [2.75, 3.05) is 53.4 Å². The number of hydrogen-bond donors (Lipinski definition) is 0. The van der Waals surface area contributed by atoms with Crippen molar-refractivity contribution >= 4 is 12.0 Å². The van der Waals surface area contributed by atoms with Crippen LogP contribution < -0.4 is 4.74 Å². The molecule has 0 aromatic heterocycles. The van der Waals surface area contributed by atoms with Crippen LogP contribution >= 0.6 is 0 Å². The number of amides is 1. The van der Waals surface area contributed by atoms with Gasteiger partial charge in [0.15, 0.2) is 0 Å². The first kappa shape index (κ1) is 16.0. The summed E-state index contributed by atoms with van der Waals surface area (Å²) >= 11 is 0. The van der Waals surface area contributed by atoms with E-state index in [9.17, 15) is 4.79 Å². The van der Waals surface area contributed by atoms with Gasteiger partial charge in [0.05, 0.1) is 7.11 Å². The predicted molar refractivity (Wildman–Crippen MR) is 91.5 cm³/mol. The van der Waals surface area contributed by atoms with Crippen molar-refractivity contribution in [2.45, 2.75) is 6.04 Å². The highest BCUT2D eigenvalue weighted by Gasteiger charge is 2.36. The lowest BCUT2D eigenvalue weighted by molar-refractivity contribution is -0.143. The van der Waals surface area contributed by atoms with Crippen LogP contribution in [0.5, 0.6) is 5.75 Å². The molecule has 0 radical (unpaired) electrons. The van der Waals surface area contributed by atoms with Gasteiger partial charge in [0.1, 0.15) is 11.8 Å². The van der Waals surface area contributed by atoms with E-state index in [1.54, 1.807) is 7.11 Å². The second-order valence-electron chi connectivity index (χ2n) is 6.22. The normalized spacial score (nSPS) is 23.3. The maximum atomic E-state index is 12.3. The molecule has 0 aliphatic carbocycles. The summed E-state index contributed by atoms with van der Waals surface area (Å²) in [5.74, 6) is 1.15. The molecule has 0 bridgehead atoms. The fraction of sp³-hybridized carbons (Fsp3) is 0.500. The number of para-hydroxylation sites is 1. The fourth-order valence-corrected chi connectivity index (χ4v) is 3.32. The van der Waals surface area contributed by atoms with Crippen molar-refractivity contribution in [3.05, 3.63) is 35.9 Å². The van der Waals surface area contributed by atoms with E-state index in [2.05, 4.69) is 22.0 Å². The van der Waals surface area contributed by atoms with Gasteiger partial charge in [0.2, 0.25) is 5.91 Å². The van der Waals surface area contributed by atoms with Gasteiger partial charge in [-0.15, -0.1) is 0 Å². The second kappa shape index (κ2) is 7.15. The monoisotopic (exact) mass is 315 g/mol. The first-order chi connectivity index (χ1) is 11.2. The van der Waals surface area contributed by atoms with E-state index in [0.29, 0.717) is 0 Å². The van der Waals surface area contributed by atoms with E-state index in [1.165, 1.54) is 0 Å². The summed E-state index contributed by atoms with van der Waals surface area (Å²) in [6.45, 7) is 5.52. The molecule has 0 saturated carbocycles.